The quantitative estimate of drug-likeness (QED) is 0.702. The zero-order valence-electron chi connectivity index (χ0n) is 7.57. The number of carboxylic acids is 1. The average Bonchev–Trinajstić information content (AvgIpc) is 2.18. The van der Waals surface area contributed by atoms with Gasteiger partial charge in [0.15, 0.2) is 0 Å². The van der Waals surface area contributed by atoms with Gasteiger partial charge in [-0.2, -0.15) is 0 Å². The summed E-state index contributed by atoms with van der Waals surface area (Å²) in [6, 6.07) is 3.65. The van der Waals surface area contributed by atoms with Crippen molar-refractivity contribution < 1.29 is 23.8 Å². The van der Waals surface area contributed by atoms with Crippen LogP contribution in [0.5, 0.6) is 0 Å². The minimum atomic E-state index is -1.20. The van der Waals surface area contributed by atoms with Crippen LogP contribution >= 0.6 is 0 Å². The van der Waals surface area contributed by atoms with Crippen LogP contribution in [0.2, 0.25) is 0 Å². The smallest absolute Gasteiger partial charge is 0.345 e. The maximum absolute atomic E-state index is 12.8. The molecule has 0 saturated carbocycles. The highest BCUT2D eigenvalue weighted by atomic mass is 19.1. The third-order valence-electron chi connectivity index (χ3n) is 2.22. The summed E-state index contributed by atoms with van der Waals surface area (Å²) >= 11 is 0. The lowest BCUT2D eigenvalue weighted by Gasteiger charge is -2.21. The molecule has 0 spiro atoms. The van der Waals surface area contributed by atoms with E-state index in [2.05, 4.69) is 4.74 Å². The summed E-state index contributed by atoms with van der Waals surface area (Å²) in [7, 11) is 0. The Labute approximate surface area is 84.3 Å². The van der Waals surface area contributed by atoms with Crippen molar-refractivity contribution in [3.8, 4) is 0 Å². The van der Waals surface area contributed by atoms with E-state index in [0.717, 1.165) is 6.07 Å². The number of hydrogen-bond acceptors (Lipinski definition) is 3. The maximum atomic E-state index is 12.8. The molecule has 1 aromatic carbocycles. The topological polar surface area (TPSA) is 63.6 Å². The van der Waals surface area contributed by atoms with Crippen LogP contribution in [0.4, 0.5) is 4.39 Å². The second-order valence-electron chi connectivity index (χ2n) is 3.24. The zero-order valence-corrected chi connectivity index (χ0v) is 7.57. The van der Waals surface area contributed by atoms with Gasteiger partial charge in [-0.3, -0.25) is 0 Å². The van der Waals surface area contributed by atoms with Crippen LogP contribution in [0.15, 0.2) is 18.2 Å². The van der Waals surface area contributed by atoms with Crippen LogP contribution in [-0.4, -0.2) is 23.1 Å². The summed E-state index contributed by atoms with van der Waals surface area (Å²) in [6.45, 7) is 0. The van der Waals surface area contributed by atoms with Crippen LogP contribution in [-0.2, 0) is 16.0 Å². The van der Waals surface area contributed by atoms with E-state index in [0.29, 0.717) is 5.56 Å². The van der Waals surface area contributed by atoms with Crippen LogP contribution in [0.25, 0.3) is 0 Å². The summed E-state index contributed by atoms with van der Waals surface area (Å²) in [4.78, 5) is 21.9. The molecule has 1 aliphatic heterocycles. The van der Waals surface area contributed by atoms with Crippen molar-refractivity contribution in [3.05, 3.63) is 35.1 Å². The largest absolute Gasteiger partial charge is 0.478 e. The standard InChI is InChI=1S/C10H7FO4/c11-6-2-1-5-3-8(9(12)13)15-10(14)7(5)4-6/h1-2,4,8H,3H2,(H,12,13). The molecule has 1 aliphatic rings. The third-order valence-corrected chi connectivity index (χ3v) is 2.22. The van der Waals surface area contributed by atoms with Gasteiger partial charge in [0.25, 0.3) is 0 Å². The second-order valence-corrected chi connectivity index (χ2v) is 3.24. The van der Waals surface area contributed by atoms with Crippen LogP contribution in [0.1, 0.15) is 15.9 Å². The Kier molecular flexibility index (Phi) is 2.15. The average molecular weight is 210 g/mol. The molecule has 0 radical (unpaired) electrons. The number of aliphatic carboxylic acids is 1. The van der Waals surface area contributed by atoms with Crippen molar-refractivity contribution >= 4 is 11.9 Å². The second kappa shape index (κ2) is 3.34. The summed E-state index contributed by atoms with van der Waals surface area (Å²) in [5.74, 6) is -2.53. The summed E-state index contributed by atoms with van der Waals surface area (Å²) in [5, 5.41) is 8.68. The predicted octanol–water partition coefficient (Wildman–Crippen LogP) is 0.992. The van der Waals surface area contributed by atoms with E-state index in [1.54, 1.807) is 0 Å². The number of carbonyl (C=O) groups excluding carboxylic acids is 1. The van der Waals surface area contributed by atoms with Crippen LogP contribution in [0.3, 0.4) is 0 Å². The minimum absolute atomic E-state index is 0.0800. The number of hydrogen-bond donors (Lipinski definition) is 1. The third kappa shape index (κ3) is 1.68. The van der Waals surface area contributed by atoms with E-state index in [1.165, 1.54) is 12.1 Å². The van der Waals surface area contributed by atoms with E-state index >= 15 is 0 Å². The fourth-order valence-corrected chi connectivity index (χ4v) is 1.49. The lowest BCUT2D eigenvalue weighted by molar-refractivity contribution is -0.147. The molecule has 1 unspecified atom stereocenters. The molecule has 0 fully saturated rings. The first-order valence-electron chi connectivity index (χ1n) is 4.30. The van der Waals surface area contributed by atoms with Crippen molar-refractivity contribution in [2.45, 2.75) is 12.5 Å². The van der Waals surface area contributed by atoms with Crippen molar-refractivity contribution in [2.75, 3.05) is 0 Å². The molecule has 78 valence electrons. The summed E-state index contributed by atoms with van der Waals surface area (Å²) in [5.41, 5.74) is 0.604. The van der Waals surface area contributed by atoms with E-state index < -0.39 is 23.9 Å². The van der Waals surface area contributed by atoms with Gasteiger partial charge in [-0.05, 0) is 17.7 Å². The normalized spacial score (nSPS) is 19.3. The number of ether oxygens (including phenoxy) is 1. The number of halogens is 1. The highest BCUT2D eigenvalue weighted by Crippen LogP contribution is 2.21. The monoisotopic (exact) mass is 210 g/mol. The number of fused-ring (bicyclic) bond motifs is 1. The van der Waals surface area contributed by atoms with Gasteiger partial charge in [0.1, 0.15) is 5.82 Å². The van der Waals surface area contributed by atoms with Crippen molar-refractivity contribution in [3.63, 3.8) is 0 Å². The SMILES string of the molecule is O=C1OC(C(=O)O)Cc2ccc(F)cc21. The van der Waals surface area contributed by atoms with E-state index in [-0.39, 0.29) is 12.0 Å². The van der Waals surface area contributed by atoms with Gasteiger partial charge in [-0.25, -0.2) is 14.0 Å². The molecule has 15 heavy (non-hydrogen) atoms. The first kappa shape index (κ1) is 9.64. The number of carboxylic acid groups (broad SMARTS) is 1. The molecular weight excluding hydrogens is 203 g/mol. The lowest BCUT2D eigenvalue weighted by Crippen LogP contribution is -2.34. The van der Waals surface area contributed by atoms with E-state index in [1.807, 2.05) is 0 Å². The van der Waals surface area contributed by atoms with Gasteiger partial charge < -0.3 is 9.84 Å². The molecule has 0 saturated heterocycles. The molecule has 0 aromatic heterocycles. The number of cyclic esters (lactones) is 1. The first-order chi connectivity index (χ1) is 7.08. The summed E-state index contributed by atoms with van der Waals surface area (Å²) in [6.07, 6.45) is -1.09. The van der Waals surface area contributed by atoms with Gasteiger partial charge in [0.05, 0.1) is 5.56 Å². The molecule has 5 heteroatoms. The van der Waals surface area contributed by atoms with E-state index in [4.69, 9.17) is 5.11 Å². The maximum Gasteiger partial charge on any atom is 0.345 e. The van der Waals surface area contributed by atoms with Gasteiger partial charge >= 0.3 is 11.9 Å². The van der Waals surface area contributed by atoms with Crippen molar-refractivity contribution in [1.29, 1.82) is 0 Å². The zero-order chi connectivity index (χ0) is 11.0. The molecular formula is C10H7FO4. The number of esters is 1. The molecule has 0 amide bonds. The predicted molar refractivity (Wildman–Crippen MR) is 46.9 cm³/mol. The Morgan fingerprint density at radius 2 is 2.27 bits per heavy atom. The number of carbonyl (C=O) groups is 2. The van der Waals surface area contributed by atoms with Crippen LogP contribution in [0, 0.1) is 5.82 Å². The lowest BCUT2D eigenvalue weighted by atomic mass is 9.98. The summed E-state index contributed by atoms with van der Waals surface area (Å²) < 4.78 is 17.4. The Balaban J connectivity index is 2.41. The highest BCUT2D eigenvalue weighted by molar-refractivity contribution is 5.94. The Morgan fingerprint density at radius 3 is 2.93 bits per heavy atom. The Hall–Kier alpha value is -1.91. The fraction of sp³-hybridized carbons (Fsp3) is 0.200. The van der Waals surface area contributed by atoms with E-state index in [9.17, 15) is 14.0 Å². The molecule has 4 nitrogen and oxygen atoms in total. The minimum Gasteiger partial charge on any atom is -0.478 e. The van der Waals surface area contributed by atoms with Gasteiger partial charge in [-0.1, -0.05) is 6.07 Å². The molecule has 1 aromatic rings. The number of rotatable bonds is 1. The van der Waals surface area contributed by atoms with Gasteiger partial charge in [0, 0.05) is 6.42 Å². The molecule has 2 rings (SSSR count). The molecule has 0 aliphatic carbocycles. The Morgan fingerprint density at radius 1 is 1.53 bits per heavy atom. The fourth-order valence-electron chi connectivity index (χ4n) is 1.49. The van der Waals surface area contributed by atoms with Gasteiger partial charge in [0.2, 0.25) is 6.10 Å². The molecule has 1 atom stereocenters. The molecule has 0 bridgehead atoms. The molecule has 1 N–H and O–H groups in total. The van der Waals surface area contributed by atoms with Gasteiger partial charge in [-0.15, -0.1) is 0 Å². The molecule has 1 heterocycles. The Bertz CT molecular complexity index is 441. The number of benzene rings is 1. The van der Waals surface area contributed by atoms with Crippen LogP contribution < -0.4 is 0 Å². The van der Waals surface area contributed by atoms with Crippen molar-refractivity contribution in [2.24, 2.45) is 0 Å². The highest BCUT2D eigenvalue weighted by Gasteiger charge is 2.31. The van der Waals surface area contributed by atoms with Crippen molar-refractivity contribution in [1.82, 2.24) is 0 Å². The first-order valence-corrected chi connectivity index (χ1v) is 4.30.